The van der Waals surface area contributed by atoms with E-state index in [9.17, 15) is 4.79 Å². The van der Waals surface area contributed by atoms with E-state index in [-0.39, 0.29) is 22.2 Å². The summed E-state index contributed by atoms with van der Waals surface area (Å²) in [5.74, 6) is 1.47. The van der Waals surface area contributed by atoms with Crippen molar-refractivity contribution in [3.63, 3.8) is 0 Å². The van der Waals surface area contributed by atoms with Gasteiger partial charge in [-0.25, -0.2) is 0 Å². The summed E-state index contributed by atoms with van der Waals surface area (Å²) >= 11 is 13.3. The highest BCUT2D eigenvalue weighted by molar-refractivity contribution is 6.31. The Morgan fingerprint density at radius 3 is 2.46 bits per heavy atom. The van der Waals surface area contributed by atoms with Gasteiger partial charge in [-0.05, 0) is 76.1 Å². The van der Waals surface area contributed by atoms with E-state index >= 15 is 0 Å². The minimum Gasteiger partial charge on any atom is -0.354 e. The van der Waals surface area contributed by atoms with Gasteiger partial charge in [0.2, 0.25) is 5.91 Å². The van der Waals surface area contributed by atoms with Crippen molar-refractivity contribution in [2.24, 2.45) is 17.3 Å². The highest BCUT2D eigenvalue weighted by Crippen LogP contribution is 2.63. The normalized spacial score (nSPS) is 36.3. The molecule has 1 aromatic rings. The first-order valence-corrected chi connectivity index (χ1v) is 10.4. The molecule has 0 spiro atoms. The van der Waals surface area contributed by atoms with Gasteiger partial charge in [-0.2, -0.15) is 0 Å². The van der Waals surface area contributed by atoms with Crippen LogP contribution in [0, 0.1) is 17.3 Å². The van der Waals surface area contributed by atoms with Crippen molar-refractivity contribution in [1.82, 2.24) is 10.2 Å². The molecule has 4 saturated carbocycles. The molecule has 0 heterocycles. The molecule has 1 N–H and O–H groups in total. The van der Waals surface area contributed by atoms with Gasteiger partial charge >= 0.3 is 0 Å². The van der Waals surface area contributed by atoms with Crippen LogP contribution >= 0.6 is 23.2 Å². The van der Waals surface area contributed by atoms with Gasteiger partial charge in [0.15, 0.2) is 0 Å². The lowest BCUT2D eigenvalue weighted by Gasteiger charge is -2.59. The molecule has 4 aliphatic carbocycles. The Hall–Kier alpha value is -0.770. The van der Waals surface area contributed by atoms with Crippen LogP contribution in [-0.4, -0.2) is 36.3 Å². The van der Waals surface area contributed by atoms with E-state index in [1.165, 1.54) is 6.42 Å². The summed E-state index contributed by atoms with van der Waals surface area (Å²) in [6.07, 6.45) is 6.34. The monoisotopic (exact) mass is 394 g/mol. The van der Waals surface area contributed by atoms with E-state index in [4.69, 9.17) is 23.2 Å². The van der Waals surface area contributed by atoms with Gasteiger partial charge in [0.05, 0.1) is 11.5 Å². The Labute approximate surface area is 166 Å². The van der Waals surface area contributed by atoms with Crippen molar-refractivity contribution in [3.8, 4) is 0 Å². The summed E-state index contributed by atoms with van der Waals surface area (Å²) in [6.45, 7) is 0.571. The molecule has 0 saturated heterocycles. The lowest BCUT2D eigenvalue weighted by Crippen LogP contribution is -2.58. The second kappa shape index (κ2) is 6.68. The van der Waals surface area contributed by atoms with Crippen LogP contribution in [0.1, 0.15) is 50.1 Å². The number of rotatable bonds is 5. The quantitative estimate of drug-likeness (QED) is 0.737. The molecule has 0 radical (unpaired) electrons. The van der Waals surface area contributed by atoms with E-state index in [2.05, 4.69) is 10.2 Å². The van der Waals surface area contributed by atoms with Gasteiger partial charge in [0, 0.05) is 16.4 Å². The molecular weight excluding hydrogens is 367 g/mol. The maximum Gasteiger partial charge on any atom is 0.226 e. The molecule has 4 bridgehead atoms. The maximum absolute atomic E-state index is 13.3. The summed E-state index contributed by atoms with van der Waals surface area (Å²) in [5.41, 5.74) is 0.808. The number of halogens is 2. The van der Waals surface area contributed by atoms with Gasteiger partial charge in [-0.15, -0.1) is 11.6 Å². The first-order chi connectivity index (χ1) is 12.3. The van der Waals surface area contributed by atoms with Crippen molar-refractivity contribution in [2.75, 3.05) is 20.6 Å². The zero-order valence-electron chi connectivity index (χ0n) is 15.6. The maximum atomic E-state index is 13.3. The molecule has 5 rings (SSSR count). The third-order valence-corrected chi connectivity index (χ3v) is 7.60. The molecule has 1 amide bonds. The SMILES string of the molecule is CN(C)C(CNC(=O)C12CC3CC(CC(Cl)(C3)C1)C2)c1ccccc1Cl. The van der Waals surface area contributed by atoms with Crippen LogP contribution in [0.15, 0.2) is 24.3 Å². The van der Waals surface area contributed by atoms with Crippen molar-refractivity contribution >= 4 is 29.1 Å². The Bertz CT molecular complexity index is 691. The van der Waals surface area contributed by atoms with E-state index in [1.807, 2.05) is 38.4 Å². The molecule has 3 atom stereocenters. The van der Waals surface area contributed by atoms with Crippen LogP contribution in [0.25, 0.3) is 0 Å². The predicted molar refractivity (Wildman–Crippen MR) is 107 cm³/mol. The minimum atomic E-state index is -0.247. The fraction of sp³-hybridized carbons (Fsp3) is 0.667. The summed E-state index contributed by atoms with van der Waals surface area (Å²) in [6, 6.07) is 7.94. The molecule has 3 unspecified atom stereocenters. The average Bonchev–Trinajstić information content (AvgIpc) is 2.53. The standard InChI is InChI=1S/C21H28Cl2N2O/c1-25(2)18(16-5-3-4-6-17(16)22)12-24-19(26)20-8-14-7-15(9-20)11-21(23,10-14)13-20/h3-6,14-15,18H,7-13H2,1-2H3,(H,24,26). The van der Waals surface area contributed by atoms with Crippen LogP contribution in [0.3, 0.4) is 0 Å². The molecule has 26 heavy (non-hydrogen) atoms. The molecule has 0 aliphatic heterocycles. The number of hydrogen-bond donors (Lipinski definition) is 1. The third kappa shape index (κ3) is 3.27. The number of benzene rings is 1. The number of alkyl halides is 1. The average molecular weight is 395 g/mol. The zero-order chi connectivity index (χ0) is 18.5. The van der Waals surface area contributed by atoms with E-state index in [1.54, 1.807) is 0 Å². The lowest BCUT2D eigenvalue weighted by molar-refractivity contribution is -0.144. The largest absolute Gasteiger partial charge is 0.354 e. The molecule has 1 aromatic carbocycles. The summed E-state index contributed by atoms with van der Waals surface area (Å²) < 4.78 is 0. The van der Waals surface area contributed by atoms with Crippen LogP contribution < -0.4 is 5.32 Å². The fourth-order valence-electron chi connectivity index (χ4n) is 6.11. The number of hydrogen-bond acceptors (Lipinski definition) is 2. The van der Waals surface area contributed by atoms with Crippen molar-refractivity contribution in [1.29, 1.82) is 0 Å². The predicted octanol–water partition coefficient (Wildman–Crippen LogP) is 4.64. The van der Waals surface area contributed by atoms with Gasteiger partial charge < -0.3 is 10.2 Å². The number of amides is 1. The van der Waals surface area contributed by atoms with Gasteiger partial charge in [-0.3, -0.25) is 4.79 Å². The smallest absolute Gasteiger partial charge is 0.226 e. The number of nitrogens with zero attached hydrogens (tertiary/aromatic N) is 1. The van der Waals surface area contributed by atoms with Crippen molar-refractivity contribution < 1.29 is 4.79 Å². The first kappa shape index (κ1) is 18.6. The molecule has 4 fully saturated rings. The Balaban J connectivity index is 1.49. The number of likely N-dealkylation sites (N-methyl/N-ethyl adjacent to an activating group) is 1. The third-order valence-electron chi connectivity index (χ3n) is 6.81. The fourth-order valence-corrected chi connectivity index (χ4v) is 7.06. The van der Waals surface area contributed by atoms with Gasteiger partial charge in [-0.1, -0.05) is 29.8 Å². The first-order valence-electron chi connectivity index (χ1n) is 9.68. The topological polar surface area (TPSA) is 32.3 Å². The molecular formula is C21H28Cl2N2O. The van der Waals surface area contributed by atoms with Crippen LogP contribution in [0.4, 0.5) is 0 Å². The van der Waals surface area contributed by atoms with E-state index < -0.39 is 0 Å². The number of carbonyl (C=O) groups excluding carboxylic acids is 1. The number of nitrogens with one attached hydrogen (secondary N) is 1. The second-order valence-electron chi connectivity index (χ2n) is 9.10. The number of carbonyl (C=O) groups is 1. The van der Waals surface area contributed by atoms with E-state index in [0.717, 1.165) is 42.7 Å². The Kier molecular flexibility index (Phi) is 4.78. The lowest BCUT2D eigenvalue weighted by atomic mass is 9.49. The van der Waals surface area contributed by atoms with E-state index in [0.29, 0.717) is 18.4 Å². The second-order valence-corrected chi connectivity index (χ2v) is 10.3. The summed E-state index contributed by atoms with van der Waals surface area (Å²) in [4.78, 5) is 15.2. The highest BCUT2D eigenvalue weighted by Gasteiger charge is 2.60. The van der Waals surface area contributed by atoms with Crippen LogP contribution in [0.5, 0.6) is 0 Å². The molecule has 3 nitrogen and oxygen atoms in total. The molecule has 0 aromatic heterocycles. The van der Waals surface area contributed by atoms with Crippen molar-refractivity contribution in [2.45, 2.75) is 49.4 Å². The van der Waals surface area contributed by atoms with Crippen molar-refractivity contribution in [3.05, 3.63) is 34.9 Å². The molecule has 142 valence electrons. The Morgan fingerprint density at radius 2 is 1.88 bits per heavy atom. The minimum absolute atomic E-state index is 0.0616. The summed E-state index contributed by atoms with van der Waals surface area (Å²) in [5, 5.41) is 4.01. The van der Waals surface area contributed by atoms with Crippen LogP contribution in [-0.2, 0) is 4.79 Å². The van der Waals surface area contributed by atoms with Crippen LogP contribution in [0.2, 0.25) is 5.02 Å². The molecule has 5 heteroatoms. The Morgan fingerprint density at radius 1 is 1.23 bits per heavy atom. The van der Waals surface area contributed by atoms with Gasteiger partial charge in [0.1, 0.15) is 0 Å². The van der Waals surface area contributed by atoms with Gasteiger partial charge in [0.25, 0.3) is 0 Å². The highest BCUT2D eigenvalue weighted by atomic mass is 35.5. The summed E-state index contributed by atoms with van der Waals surface area (Å²) in [7, 11) is 4.05. The molecule has 4 aliphatic rings. The zero-order valence-corrected chi connectivity index (χ0v) is 17.1.